The van der Waals surface area contributed by atoms with Crippen LogP contribution in [0.2, 0.25) is 0 Å². The van der Waals surface area contributed by atoms with Crippen LogP contribution in [0.3, 0.4) is 0 Å². The summed E-state index contributed by atoms with van der Waals surface area (Å²) in [5.41, 5.74) is 5.79. The molecule has 1 aliphatic carbocycles. The molecule has 0 saturated heterocycles. The van der Waals surface area contributed by atoms with Crippen molar-refractivity contribution in [2.75, 3.05) is 0 Å². The molecular weight excluding hydrogens is 288 g/mol. The molecule has 0 spiro atoms. The molecule has 0 amide bonds. The number of fused-ring (bicyclic) bond motifs is 1. The highest BCUT2D eigenvalue weighted by molar-refractivity contribution is 5.30. The van der Waals surface area contributed by atoms with E-state index in [9.17, 15) is 0 Å². The number of hydrogen-bond acceptors (Lipinski definition) is 0. The maximum absolute atomic E-state index is 3.74. The van der Waals surface area contributed by atoms with E-state index in [4.69, 9.17) is 0 Å². The fraction of sp³-hybridized carbons (Fsp3) is 0.500. The Labute approximate surface area is 152 Å². The molecule has 1 aliphatic rings. The lowest BCUT2D eigenvalue weighted by atomic mass is 9.92. The average Bonchev–Trinajstić information content (AvgIpc) is 2.69. The van der Waals surface area contributed by atoms with Crippen LogP contribution in [0.15, 0.2) is 60.7 Å². The van der Waals surface area contributed by atoms with Gasteiger partial charge in [0.05, 0.1) is 0 Å². The molecule has 1 aromatic rings. The molecule has 0 saturated carbocycles. The Balaban J connectivity index is 0. The Bertz CT molecular complexity index is 420. The van der Waals surface area contributed by atoms with Gasteiger partial charge >= 0.3 is 0 Å². The zero-order valence-electron chi connectivity index (χ0n) is 17.1. The maximum Gasteiger partial charge on any atom is -0.0276 e. The quantitative estimate of drug-likeness (QED) is 0.490. The van der Waals surface area contributed by atoms with Gasteiger partial charge in [0.15, 0.2) is 0 Å². The van der Waals surface area contributed by atoms with Crippen molar-refractivity contribution in [3.63, 3.8) is 0 Å². The van der Waals surface area contributed by atoms with Crippen molar-refractivity contribution in [3.8, 4) is 0 Å². The second kappa shape index (κ2) is 17.8. The molecule has 1 aromatic carbocycles. The third-order valence-corrected chi connectivity index (χ3v) is 3.93. The third-order valence-electron chi connectivity index (χ3n) is 3.93. The van der Waals surface area contributed by atoms with Crippen LogP contribution in [0, 0.1) is 0 Å². The minimum Gasteiger partial charge on any atom is -0.0988 e. The lowest BCUT2D eigenvalue weighted by molar-refractivity contribution is 0.685. The SMILES string of the molecule is C=C/C(CC)=C(\C=C)CC.CC.CC.c1ccc2c(c1)CCCC2. The summed E-state index contributed by atoms with van der Waals surface area (Å²) in [6.45, 7) is 19.8. The number of aryl methyl sites for hydroxylation is 2. The fourth-order valence-electron chi connectivity index (χ4n) is 2.68. The Morgan fingerprint density at radius 3 is 1.38 bits per heavy atom. The lowest BCUT2D eigenvalue weighted by Crippen LogP contribution is -2.00. The first kappa shape index (κ1) is 24.7. The molecule has 0 aromatic heterocycles. The van der Waals surface area contributed by atoms with Crippen molar-refractivity contribution in [1.82, 2.24) is 0 Å². The molecule has 0 atom stereocenters. The standard InChI is InChI=1S/C10H12.C10H16.2C2H6/c1-2-6-10-8-4-3-7-9(10)5-1;1-5-9(6-2)10(7-3)8-4;2*1-2/h1-2,5-6H,3-4,7-8H2;5,7H,1,3,6,8H2,2,4H3;2*1-2H3/b;10-9-;;. The van der Waals surface area contributed by atoms with Crippen molar-refractivity contribution in [2.45, 2.75) is 80.1 Å². The smallest absolute Gasteiger partial charge is 0.0276 e. The van der Waals surface area contributed by atoms with E-state index in [0.717, 1.165) is 12.8 Å². The van der Waals surface area contributed by atoms with Crippen LogP contribution >= 0.6 is 0 Å². The van der Waals surface area contributed by atoms with Gasteiger partial charge in [0.1, 0.15) is 0 Å². The first-order valence-corrected chi connectivity index (χ1v) is 9.80. The molecule has 24 heavy (non-hydrogen) atoms. The van der Waals surface area contributed by atoms with Gasteiger partial charge in [0, 0.05) is 0 Å². The van der Waals surface area contributed by atoms with Gasteiger partial charge in [0.25, 0.3) is 0 Å². The Kier molecular flexibility index (Phi) is 18.3. The van der Waals surface area contributed by atoms with Crippen LogP contribution in [0.4, 0.5) is 0 Å². The normalized spacial score (nSPS) is 12.4. The third kappa shape index (κ3) is 9.55. The lowest BCUT2D eigenvalue weighted by Gasteiger charge is -2.13. The van der Waals surface area contributed by atoms with Crippen molar-refractivity contribution in [3.05, 3.63) is 71.8 Å². The highest BCUT2D eigenvalue weighted by Crippen LogP contribution is 2.19. The van der Waals surface area contributed by atoms with Gasteiger partial charge in [0.2, 0.25) is 0 Å². The predicted molar refractivity (Wildman–Crippen MR) is 114 cm³/mol. The first-order valence-electron chi connectivity index (χ1n) is 9.80. The minimum atomic E-state index is 1.05. The predicted octanol–water partition coefficient (Wildman–Crippen LogP) is 8.09. The van der Waals surface area contributed by atoms with E-state index >= 15 is 0 Å². The van der Waals surface area contributed by atoms with Gasteiger partial charge in [-0.1, -0.05) is 91.1 Å². The molecule has 0 aliphatic heterocycles. The summed E-state index contributed by atoms with van der Waals surface area (Å²) in [6.07, 6.45) is 11.3. The van der Waals surface area contributed by atoms with Crippen LogP contribution in [0.25, 0.3) is 0 Å². The average molecular weight is 329 g/mol. The fourth-order valence-corrected chi connectivity index (χ4v) is 2.68. The second-order valence-electron chi connectivity index (χ2n) is 5.14. The van der Waals surface area contributed by atoms with E-state index in [1.54, 1.807) is 11.1 Å². The topological polar surface area (TPSA) is 0 Å². The van der Waals surface area contributed by atoms with Crippen molar-refractivity contribution in [2.24, 2.45) is 0 Å². The largest absolute Gasteiger partial charge is 0.0988 e. The molecule has 0 heteroatoms. The highest BCUT2D eigenvalue weighted by atomic mass is 14.1. The van der Waals surface area contributed by atoms with Gasteiger partial charge in [-0.2, -0.15) is 0 Å². The molecule has 0 bridgehead atoms. The summed E-state index contributed by atoms with van der Waals surface area (Å²) in [5.74, 6) is 0. The summed E-state index contributed by atoms with van der Waals surface area (Å²) < 4.78 is 0. The van der Waals surface area contributed by atoms with E-state index in [2.05, 4.69) is 51.3 Å². The summed E-state index contributed by atoms with van der Waals surface area (Å²) in [7, 11) is 0. The van der Waals surface area contributed by atoms with Crippen LogP contribution in [0.1, 0.15) is 78.4 Å². The number of hydrogen-bond donors (Lipinski definition) is 0. The van der Waals surface area contributed by atoms with Crippen molar-refractivity contribution in [1.29, 1.82) is 0 Å². The summed E-state index contributed by atoms with van der Waals surface area (Å²) in [4.78, 5) is 0. The van der Waals surface area contributed by atoms with Gasteiger partial charge in [-0.15, -0.1) is 0 Å². The number of rotatable bonds is 4. The van der Waals surface area contributed by atoms with Crippen LogP contribution in [-0.2, 0) is 12.8 Å². The van der Waals surface area contributed by atoms with E-state index in [1.807, 2.05) is 39.8 Å². The van der Waals surface area contributed by atoms with Crippen LogP contribution in [-0.4, -0.2) is 0 Å². The highest BCUT2D eigenvalue weighted by Gasteiger charge is 2.05. The zero-order chi connectivity index (χ0) is 18.8. The minimum absolute atomic E-state index is 1.05. The summed E-state index contributed by atoms with van der Waals surface area (Å²) >= 11 is 0. The molecule has 0 radical (unpaired) electrons. The van der Waals surface area contributed by atoms with Gasteiger partial charge in [-0.3, -0.25) is 0 Å². The van der Waals surface area contributed by atoms with Gasteiger partial charge < -0.3 is 0 Å². The van der Waals surface area contributed by atoms with E-state index in [0.29, 0.717) is 0 Å². The maximum atomic E-state index is 3.74. The Morgan fingerprint density at radius 2 is 1.12 bits per heavy atom. The molecule has 0 nitrogen and oxygen atoms in total. The molecular formula is C24H40. The van der Waals surface area contributed by atoms with Gasteiger partial charge in [-0.05, 0) is 60.8 Å². The number of allylic oxidation sites excluding steroid dienone is 4. The van der Waals surface area contributed by atoms with E-state index in [-0.39, 0.29) is 0 Å². The van der Waals surface area contributed by atoms with Crippen molar-refractivity contribution >= 4 is 0 Å². The number of benzene rings is 1. The monoisotopic (exact) mass is 328 g/mol. The second-order valence-corrected chi connectivity index (χ2v) is 5.14. The molecule has 0 heterocycles. The van der Waals surface area contributed by atoms with Crippen LogP contribution in [0.5, 0.6) is 0 Å². The first-order chi connectivity index (χ1) is 11.8. The van der Waals surface area contributed by atoms with Gasteiger partial charge in [-0.25, -0.2) is 0 Å². The Morgan fingerprint density at radius 1 is 0.792 bits per heavy atom. The van der Waals surface area contributed by atoms with Crippen LogP contribution < -0.4 is 0 Å². The molecule has 136 valence electrons. The molecule has 0 unspecified atom stereocenters. The van der Waals surface area contributed by atoms with Crippen molar-refractivity contribution < 1.29 is 0 Å². The zero-order valence-corrected chi connectivity index (χ0v) is 17.1. The summed E-state index contributed by atoms with van der Waals surface area (Å²) in [6, 6.07) is 8.80. The molecule has 0 N–H and O–H groups in total. The van der Waals surface area contributed by atoms with E-state index < -0.39 is 0 Å². The Hall–Kier alpha value is -1.56. The summed E-state index contributed by atoms with van der Waals surface area (Å²) in [5, 5.41) is 0. The molecule has 0 fully saturated rings. The van der Waals surface area contributed by atoms with E-state index in [1.165, 1.54) is 36.8 Å². The molecule has 2 rings (SSSR count).